The number of anilines is 1. The smallest absolute Gasteiger partial charge is 0.242 e. The predicted octanol–water partition coefficient (Wildman–Crippen LogP) is 1.45. The molecule has 6 heteroatoms. The fourth-order valence-electron chi connectivity index (χ4n) is 1.93. The van der Waals surface area contributed by atoms with Crippen molar-refractivity contribution in [2.75, 3.05) is 12.3 Å². The summed E-state index contributed by atoms with van der Waals surface area (Å²) in [5, 5.41) is 2.70. The number of likely N-dealkylation sites (N-methyl/N-ethyl adjacent to an activating group) is 1. The second kappa shape index (κ2) is 4.64. The number of nitrogens with one attached hydrogen (secondary N) is 1. The number of hydrogen-bond acceptors (Lipinski definition) is 3. The van der Waals surface area contributed by atoms with E-state index in [1.54, 1.807) is 13.0 Å². The molecular weight excluding hydrogens is 235 g/mol. The van der Waals surface area contributed by atoms with Crippen molar-refractivity contribution < 1.29 is 9.18 Å². The number of nitrogens with zero attached hydrogens (tertiary/aromatic N) is 2. The van der Waals surface area contributed by atoms with Crippen molar-refractivity contribution in [1.82, 2.24) is 14.9 Å². The van der Waals surface area contributed by atoms with E-state index in [0.717, 1.165) is 0 Å². The normalized spacial score (nSPS) is 12.6. The molecular formula is C12H15FN4O. The minimum atomic E-state index is -0.531. The molecule has 0 aliphatic carbocycles. The zero-order valence-corrected chi connectivity index (χ0v) is 10.3. The molecule has 0 aliphatic heterocycles. The lowest BCUT2D eigenvalue weighted by Gasteiger charge is -2.15. The van der Waals surface area contributed by atoms with Crippen LogP contribution >= 0.6 is 0 Å². The topological polar surface area (TPSA) is 72.9 Å². The third-order valence-electron chi connectivity index (χ3n) is 2.80. The van der Waals surface area contributed by atoms with Gasteiger partial charge in [0.05, 0.1) is 11.0 Å². The van der Waals surface area contributed by atoms with Crippen molar-refractivity contribution in [3.05, 3.63) is 24.0 Å². The molecule has 0 radical (unpaired) electrons. The number of rotatable bonds is 3. The quantitative estimate of drug-likeness (QED) is 0.866. The lowest BCUT2D eigenvalue weighted by molar-refractivity contribution is -0.123. The summed E-state index contributed by atoms with van der Waals surface area (Å²) < 4.78 is 14.8. The van der Waals surface area contributed by atoms with Gasteiger partial charge < -0.3 is 11.1 Å². The van der Waals surface area contributed by atoms with Crippen LogP contribution in [0.15, 0.2) is 18.2 Å². The molecule has 0 bridgehead atoms. The molecule has 0 aliphatic rings. The predicted molar refractivity (Wildman–Crippen MR) is 67.5 cm³/mol. The highest BCUT2D eigenvalue weighted by Crippen LogP contribution is 2.23. The molecule has 18 heavy (non-hydrogen) atoms. The van der Waals surface area contributed by atoms with Crippen LogP contribution in [0.3, 0.4) is 0 Å². The number of carbonyl (C=O) groups excluding carboxylic acids is 1. The number of aromatic nitrogens is 2. The van der Waals surface area contributed by atoms with Gasteiger partial charge in [-0.1, -0.05) is 0 Å². The van der Waals surface area contributed by atoms with E-state index >= 15 is 0 Å². The lowest BCUT2D eigenvalue weighted by Crippen LogP contribution is -2.31. The number of imidazole rings is 1. The summed E-state index contributed by atoms with van der Waals surface area (Å²) in [5.41, 5.74) is 6.88. The molecule has 1 amide bonds. The molecule has 0 spiro atoms. The molecule has 96 valence electrons. The van der Waals surface area contributed by atoms with Crippen LogP contribution in [-0.2, 0) is 4.79 Å². The van der Waals surface area contributed by atoms with E-state index in [2.05, 4.69) is 10.3 Å². The molecule has 0 fully saturated rings. The van der Waals surface area contributed by atoms with Gasteiger partial charge in [-0.05, 0) is 32.0 Å². The Morgan fingerprint density at radius 1 is 1.61 bits per heavy atom. The molecule has 1 aromatic carbocycles. The largest absolute Gasteiger partial charge is 0.369 e. The maximum atomic E-state index is 13.3. The highest BCUT2D eigenvalue weighted by molar-refractivity contribution is 5.85. The van der Waals surface area contributed by atoms with E-state index in [0.29, 0.717) is 17.6 Å². The van der Waals surface area contributed by atoms with E-state index in [4.69, 9.17) is 5.73 Å². The third kappa shape index (κ3) is 2.01. The van der Waals surface area contributed by atoms with Crippen molar-refractivity contribution in [2.45, 2.75) is 19.9 Å². The second-order valence-corrected chi connectivity index (χ2v) is 4.04. The van der Waals surface area contributed by atoms with Crippen LogP contribution in [0.1, 0.15) is 19.9 Å². The summed E-state index contributed by atoms with van der Waals surface area (Å²) in [5.74, 6) is -0.353. The maximum absolute atomic E-state index is 13.3. The average Bonchev–Trinajstić information content (AvgIpc) is 2.64. The maximum Gasteiger partial charge on any atom is 0.242 e. The molecule has 0 saturated heterocycles. The number of hydrogen-bond donors (Lipinski definition) is 2. The van der Waals surface area contributed by atoms with E-state index in [1.165, 1.54) is 16.7 Å². The Hall–Kier alpha value is -2.11. The Balaban J connectivity index is 2.52. The van der Waals surface area contributed by atoms with Crippen LogP contribution < -0.4 is 11.1 Å². The summed E-state index contributed by atoms with van der Waals surface area (Å²) in [4.78, 5) is 15.9. The SMILES string of the molecule is CCNC(=O)C(C)n1c(N)nc2ccc(F)cc21. The average molecular weight is 250 g/mol. The van der Waals surface area contributed by atoms with Crippen LogP contribution in [0.2, 0.25) is 0 Å². The van der Waals surface area contributed by atoms with Gasteiger partial charge in [0.15, 0.2) is 0 Å². The fraction of sp³-hybridized carbons (Fsp3) is 0.333. The number of benzene rings is 1. The highest BCUT2D eigenvalue weighted by atomic mass is 19.1. The summed E-state index contributed by atoms with van der Waals surface area (Å²) >= 11 is 0. The zero-order chi connectivity index (χ0) is 13.3. The van der Waals surface area contributed by atoms with Gasteiger partial charge >= 0.3 is 0 Å². The zero-order valence-electron chi connectivity index (χ0n) is 10.3. The monoisotopic (exact) mass is 250 g/mol. The molecule has 2 rings (SSSR count). The summed E-state index contributed by atoms with van der Waals surface area (Å²) in [6, 6.07) is 3.66. The van der Waals surface area contributed by atoms with Crippen molar-refractivity contribution in [3.8, 4) is 0 Å². The summed E-state index contributed by atoms with van der Waals surface area (Å²) in [6.07, 6.45) is 0. The van der Waals surface area contributed by atoms with Crippen LogP contribution in [0.4, 0.5) is 10.3 Å². The molecule has 2 aromatic rings. The number of carbonyl (C=O) groups is 1. The van der Waals surface area contributed by atoms with Gasteiger partial charge in [-0.2, -0.15) is 0 Å². The first-order chi connectivity index (χ1) is 8.54. The highest BCUT2D eigenvalue weighted by Gasteiger charge is 2.20. The molecule has 5 nitrogen and oxygen atoms in total. The van der Waals surface area contributed by atoms with Crippen molar-refractivity contribution >= 4 is 22.9 Å². The second-order valence-electron chi connectivity index (χ2n) is 4.04. The van der Waals surface area contributed by atoms with Crippen LogP contribution in [0.25, 0.3) is 11.0 Å². The Bertz CT molecular complexity index is 593. The van der Waals surface area contributed by atoms with E-state index in [9.17, 15) is 9.18 Å². The number of fused-ring (bicyclic) bond motifs is 1. The van der Waals surface area contributed by atoms with Gasteiger partial charge in [-0.3, -0.25) is 9.36 Å². The van der Waals surface area contributed by atoms with Gasteiger partial charge in [0, 0.05) is 6.54 Å². The van der Waals surface area contributed by atoms with Gasteiger partial charge in [0.2, 0.25) is 11.9 Å². The van der Waals surface area contributed by atoms with E-state index in [1.807, 2.05) is 6.92 Å². The molecule has 1 heterocycles. The van der Waals surface area contributed by atoms with Crippen LogP contribution in [0, 0.1) is 5.82 Å². The Labute approximate surface area is 104 Å². The number of amides is 1. The Morgan fingerprint density at radius 2 is 2.33 bits per heavy atom. The first-order valence-corrected chi connectivity index (χ1v) is 5.75. The van der Waals surface area contributed by atoms with Crippen molar-refractivity contribution in [1.29, 1.82) is 0 Å². The minimum absolute atomic E-state index is 0.173. The summed E-state index contributed by atoms with van der Waals surface area (Å²) in [6.45, 7) is 4.07. The molecule has 1 unspecified atom stereocenters. The number of nitrogen functional groups attached to an aromatic ring is 1. The van der Waals surface area contributed by atoms with E-state index < -0.39 is 6.04 Å². The molecule has 1 aromatic heterocycles. The minimum Gasteiger partial charge on any atom is -0.369 e. The fourth-order valence-corrected chi connectivity index (χ4v) is 1.93. The molecule has 3 N–H and O–H groups in total. The Kier molecular flexibility index (Phi) is 3.18. The van der Waals surface area contributed by atoms with Crippen molar-refractivity contribution in [2.24, 2.45) is 0 Å². The summed E-state index contributed by atoms with van der Waals surface area (Å²) in [7, 11) is 0. The number of nitrogens with two attached hydrogens (primary N) is 1. The molecule has 1 atom stereocenters. The Morgan fingerprint density at radius 3 is 3.00 bits per heavy atom. The van der Waals surface area contributed by atoms with Gasteiger partial charge in [-0.25, -0.2) is 9.37 Å². The van der Waals surface area contributed by atoms with Gasteiger partial charge in [-0.15, -0.1) is 0 Å². The third-order valence-corrected chi connectivity index (χ3v) is 2.80. The lowest BCUT2D eigenvalue weighted by atomic mass is 10.2. The van der Waals surface area contributed by atoms with E-state index in [-0.39, 0.29) is 17.7 Å². The van der Waals surface area contributed by atoms with Crippen LogP contribution in [-0.4, -0.2) is 22.0 Å². The van der Waals surface area contributed by atoms with Gasteiger partial charge in [0.25, 0.3) is 0 Å². The van der Waals surface area contributed by atoms with Crippen LogP contribution in [0.5, 0.6) is 0 Å². The first-order valence-electron chi connectivity index (χ1n) is 5.75. The van der Waals surface area contributed by atoms with Crippen molar-refractivity contribution in [3.63, 3.8) is 0 Å². The first kappa shape index (κ1) is 12.3. The number of halogens is 1. The standard InChI is InChI=1S/C12H15FN4O/c1-3-15-11(18)7(2)17-10-6-8(13)4-5-9(10)16-12(17)14/h4-7H,3H2,1-2H3,(H2,14,16)(H,15,18). The van der Waals surface area contributed by atoms with Gasteiger partial charge in [0.1, 0.15) is 11.9 Å². The molecule has 0 saturated carbocycles.